The molecule has 1 unspecified atom stereocenters. The van der Waals surface area contributed by atoms with E-state index in [0.717, 1.165) is 24.5 Å². The van der Waals surface area contributed by atoms with Crippen molar-refractivity contribution in [1.29, 1.82) is 0 Å². The molecule has 0 saturated carbocycles. The summed E-state index contributed by atoms with van der Waals surface area (Å²) in [6, 6.07) is 6.41. The van der Waals surface area contributed by atoms with E-state index in [2.05, 4.69) is 18.3 Å². The maximum Gasteiger partial charge on any atom is 0.166 e. The lowest BCUT2D eigenvalue weighted by molar-refractivity contribution is 0.281. The zero-order chi connectivity index (χ0) is 11.4. The molecule has 0 aromatic heterocycles. The van der Waals surface area contributed by atoms with Gasteiger partial charge in [0.05, 0.1) is 12.6 Å². The summed E-state index contributed by atoms with van der Waals surface area (Å²) >= 11 is 0. The SMILES string of the molecule is CCCNC1COc2c(OCC)cccc21. The first-order valence-electron chi connectivity index (χ1n) is 5.98. The highest BCUT2D eigenvalue weighted by atomic mass is 16.5. The van der Waals surface area contributed by atoms with E-state index in [-0.39, 0.29) is 0 Å². The number of benzene rings is 1. The van der Waals surface area contributed by atoms with Gasteiger partial charge in [-0.15, -0.1) is 0 Å². The molecule has 3 nitrogen and oxygen atoms in total. The van der Waals surface area contributed by atoms with Crippen LogP contribution in [0.2, 0.25) is 0 Å². The number of fused-ring (bicyclic) bond motifs is 1. The van der Waals surface area contributed by atoms with Crippen LogP contribution >= 0.6 is 0 Å². The second-order valence-electron chi connectivity index (χ2n) is 3.93. The van der Waals surface area contributed by atoms with Gasteiger partial charge in [0.1, 0.15) is 6.61 Å². The van der Waals surface area contributed by atoms with Crippen LogP contribution in [0.25, 0.3) is 0 Å². The minimum atomic E-state index is 0.315. The number of hydrogen-bond donors (Lipinski definition) is 1. The Morgan fingerprint density at radius 1 is 1.44 bits per heavy atom. The standard InChI is InChI=1S/C13H19NO2/c1-3-8-14-11-9-16-13-10(11)6-5-7-12(13)15-4-2/h5-7,11,14H,3-4,8-9H2,1-2H3. The molecule has 88 valence electrons. The van der Waals surface area contributed by atoms with E-state index in [9.17, 15) is 0 Å². The van der Waals surface area contributed by atoms with Crippen LogP contribution in [0.5, 0.6) is 11.5 Å². The van der Waals surface area contributed by atoms with Gasteiger partial charge in [0.15, 0.2) is 11.5 Å². The molecule has 1 aromatic carbocycles. The van der Waals surface area contributed by atoms with Crippen molar-refractivity contribution >= 4 is 0 Å². The predicted molar refractivity (Wildman–Crippen MR) is 64.1 cm³/mol. The molecule has 1 heterocycles. The van der Waals surface area contributed by atoms with Crippen LogP contribution in [-0.2, 0) is 0 Å². The average molecular weight is 221 g/mol. The minimum Gasteiger partial charge on any atom is -0.490 e. The fraction of sp³-hybridized carbons (Fsp3) is 0.538. The lowest BCUT2D eigenvalue weighted by Crippen LogP contribution is -2.22. The molecule has 2 rings (SSSR count). The van der Waals surface area contributed by atoms with Crippen molar-refractivity contribution in [3.63, 3.8) is 0 Å². The predicted octanol–water partition coefficient (Wildman–Crippen LogP) is 2.52. The highest BCUT2D eigenvalue weighted by Crippen LogP contribution is 2.39. The first-order valence-corrected chi connectivity index (χ1v) is 5.98. The third-order valence-corrected chi connectivity index (χ3v) is 2.72. The second-order valence-corrected chi connectivity index (χ2v) is 3.93. The second kappa shape index (κ2) is 5.21. The van der Waals surface area contributed by atoms with Crippen LogP contribution in [-0.4, -0.2) is 19.8 Å². The summed E-state index contributed by atoms with van der Waals surface area (Å²) in [6.07, 6.45) is 1.14. The molecule has 1 aliphatic rings. The van der Waals surface area contributed by atoms with E-state index < -0.39 is 0 Å². The van der Waals surface area contributed by atoms with Gasteiger partial charge < -0.3 is 14.8 Å². The summed E-state index contributed by atoms with van der Waals surface area (Å²) in [6.45, 7) is 6.56. The molecule has 0 spiro atoms. The molecule has 0 saturated heterocycles. The minimum absolute atomic E-state index is 0.315. The number of ether oxygens (including phenoxy) is 2. The van der Waals surface area contributed by atoms with E-state index in [1.54, 1.807) is 0 Å². The van der Waals surface area contributed by atoms with E-state index in [1.165, 1.54) is 5.56 Å². The van der Waals surface area contributed by atoms with Crippen LogP contribution in [0.4, 0.5) is 0 Å². The Hall–Kier alpha value is -1.22. The molecule has 1 N–H and O–H groups in total. The van der Waals surface area contributed by atoms with Gasteiger partial charge in [-0.3, -0.25) is 0 Å². The Labute approximate surface area is 96.8 Å². The van der Waals surface area contributed by atoms with Crippen LogP contribution in [0.15, 0.2) is 18.2 Å². The van der Waals surface area contributed by atoms with Gasteiger partial charge in [-0.2, -0.15) is 0 Å². The van der Waals surface area contributed by atoms with Crippen molar-refractivity contribution in [2.24, 2.45) is 0 Å². The largest absolute Gasteiger partial charge is 0.490 e. The van der Waals surface area contributed by atoms with E-state index in [0.29, 0.717) is 19.3 Å². The van der Waals surface area contributed by atoms with Gasteiger partial charge in [0, 0.05) is 5.56 Å². The fourth-order valence-corrected chi connectivity index (χ4v) is 1.97. The van der Waals surface area contributed by atoms with Gasteiger partial charge in [0.2, 0.25) is 0 Å². The van der Waals surface area contributed by atoms with Crippen molar-refractivity contribution < 1.29 is 9.47 Å². The first kappa shape index (κ1) is 11.3. The monoisotopic (exact) mass is 221 g/mol. The number of nitrogens with one attached hydrogen (secondary N) is 1. The Morgan fingerprint density at radius 2 is 2.31 bits per heavy atom. The highest BCUT2D eigenvalue weighted by Gasteiger charge is 2.26. The van der Waals surface area contributed by atoms with Gasteiger partial charge in [-0.25, -0.2) is 0 Å². The summed E-state index contributed by atoms with van der Waals surface area (Å²) in [5.74, 6) is 1.78. The quantitative estimate of drug-likeness (QED) is 0.828. The Bertz CT molecular complexity index is 352. The molecular formula is C13H19NO2. The smallest absolute Gasteiger partial charge is 0.166 e. The van der Waals surface area contributed by atoms with Crippen molar-refractivity contribution in [2.45, 2.75) is 26.3 Å². The van der Waals surface area contributed by atoms with Crippen molar-refractivity contribution in [1.82, 2.24) is 5.32 Å². The van der Waals surface area contributed by atoms with E-state index >= 15 is 0 Å². The molecular weight excluding hydrogens is 202 g/mol. The Kier molecular flexibility index (Phi) is 3.67. The third kappa shape index (κ3) is 2.14. The third-order valence-electron chi connectivity index (χ3n) is 2.72. The van der Waals surface area contributed by atoms with Gasteiger partial charge in [-0.05, 0) is 26.0 Å². The number of rotatable bonds is 5. The Morgan fingerprint density at radius 3 is 3.06 bits per heavy atom. The zero-order valence-electron chi connectivity index (χ0n) is 9.95. The molecule has 1 aromatic rings. The maximum atomic E-state index is 5.70. The summed E-state index contributed by atoms with van der Waals surface area (Å²) in [4.78, 5) is 0. The van der Waals surface area contributed by atoms with Crippen molar-refractivity contribution in [3.8, 4) is 11.5 Å². The zero-order valence-corrected chi connectivity index (χ0v) is 9.95. The molecule has 0 bridgehead atoms. The van der Waals surface area contributed by atoms with Crippen molar-refractivity contribution in [2.75, 3.05) is 19.8 Å². The van der Waals surface area contributed by atoms with E-state index in [1.807, 2.05) is 19.1 Å². The lowest BCUT2D eigenvalue weighted by Gasteiger charge is -2.10. The normalized spacial score (nSPS) is 18.0. The van der Waals surface area contributed by atoms with Crippen LogP contribution < -0.4 is 14.8 Å². The summed E-state index contributed by atoms with van der Waals surface area (Å²) in [5.41, 5.74) is 1.22. The van der Waals surface area contributed by atoms with E-state index in [4.69, 9.17) is 9.47 Å². The van der Waals surface area contributed by atoms with Gasteiger partial charge in [-0.1, -0.05) is 19.1 Å². The van der Waals surface area contributed by atoms with Gasteiger partial charge >= 0.3 is 0 Å². The molecule has 3 heteroatoms. The van der Waals surface area contributed by atoms with Crippen LogP contribution in [0, 0.1) is 0 Å². The molecule has 1 aliphatic heterocycles. The molecule has 0 fully saturated rings. The number of para-hydroxylation sites is 1. The first-order chi connectivity index (χ1) is 7.86. The number of hydrogen-bond acceptors (Lipinski definition) is 3. The topological polar surface area (TPSA) is 30.5 Å². The van der Waals surface area contributed by atoms with Crippen molar-refractivity contribution in [3.05, 3.63) is 23.8 Å². The lowest BCUT2D eigenvalue weighted by atomic mass is 10.1. The Balaban J connectivity index is 2.16. The fourth-order valence-electron chi connectivity index (χ4n) is 1.97. The van der Waals surface area contributed by atoms with Gasteiger partial charge in [0.25, 0.3) is 0 Å². The maximum absolute atomic E-state index is 5.70. The molecule has 16 heavy (non-hydrogen) atoms. The summed E-state index contributed by atoms with van der Waals surface area (Å²) in [5, 5.41) is 3.48. The molecule has 0 radical (unpaired) electrons. The average Bonchev–Trinajstić information content (AvgIpc) is 2.71. The summed E-state index contributed by atoms with van der Waals surface area (Å²) < 4.78 is 11.3. The van der Waals surface area contributed by atoms with Crippen LogP contribution in [0.1, 0.15) is 31.9 Å². The summed E-state index contributed by atoms with van der Waals surface area (Å²) in [7, 11) is 0. The molecule has 0 amide bonds. The molecule has 0 aliphatic carbocycles. The molecule has 1 atom stereocenters. The highest BCUT2D eigenvalue weighted by molar-refractivity contribution is 5.50. The van der Waals surface area contributed by atoms with Crippen LogP contribution in [0.3, 0.4) is 0 Å².